The molecule has 1 aliphatic rings. The van der Waals surface area contributed by atoms with Crippen molar-refractivity contribution in [2.45, 2.75) is 45.1 Å². The summed E-state index contributed by atoms with van der Waals surface area (Å²) in [5.74, 6) is 1.61. The summed E-state index contributed by atoms with van der Waals surface area (Å²) in [5, 5.41) is 2.92. The number of ether oxygens (including phenoxy) is 1. The van der Waals surface area contributed by atoms with E-state index in [-0.39, 0.29) is 25.0 Å². The predicted octanol–water partition coefficient (Wildman–Crippen LogP) is 4.92. The van der Waals surface area contributed by atoms with E-state index in [0.717, 1.165) is 67.6 Å². The van der Waals surface area contributed by atoms with Crippen molar-refractivity contribution in [1.29, 1.82) is 0 Å². The maximum absolute atomic E-state index is 13.5. The van der Waals surface area contributed by atoms with Gasteiger partial charge in [0.25, 0.3) is 5.91 Å². The van der Waals surface area contributed by atoms with Crippen molar-refractivity contribution in [3.63, 3.8) is 0 Å². The molecule has 3 aromatic carbocycles. The first-order valence-electron chi connectivity index (χ1n) is 13.5. The number of imidazole rings is 1. The van der Waals surface area contributed by atoms with Gasteiger partial charge in [-0.1, -0.05) is 55.0 Å². The molecule has 38 heavy (non-hydrogen) atoms. The van der Waals surface area contributed by atoms with E-state index in [4.69, 9.17) is 9.72 Å². The molecule has 0 unspecified atom stereocenters. The first-order valence-corrected chi connectivity index (χ1v) is 13.5. The zero-order valence-electron chi connectivity index (χ0n) is 21.6. The van der Waals surface area contributed by atoms with Crippen LogP contribution < -0.4 is 15.0 Å². The standard InChI is InChI=1S/C31H34N4O3/c36-30(23-38-25-14-3-1-4-15-25)32-20-10-2-5-19-29-33-26-16-7-9-18-28(26)35(29)22-31(37)34-21-11-13-24-12-6-8-17-27(24)34/h1,3-4,6-9,12,14-18H,2,5,10-11,13,19-23H2,(H,32,36). The molecular formula is C31H34N4O3. The number of carbonyl (C=O) groups is 2. The van der Waals surface area contributed by atoms with Crippen molar-refractivity contribution in [3.8, 4) is 5.75 Å². The van der Waals surface area contributed by atoms with Gasteiger partial charge in [0.05, 0.1) is 11.0 Å². The van der Waals surface area contributed by atoms with Crippen molar-refractivity contribution in [2.24, 2.45) is 0 Å². The van der Waals surface area contributed by atoms with Gasteiger partial charge in [-0.2, -0.15) is 0 Å². The van der Waals surface area contributed by atoms with E-state index >= 15 is 0 Å². The summed E-state index contributed by atoms with van der Waals surface area (Å²) in [6.07, 6.45) is 5.54. The van der Waals surface area contributed by atoms with Crippen LogP contribution in [0.2, 0.25) is 0 Å². The molecule has 2 heterocycles. The van der Waals surface area contributed by atoms with E-state index in [1.54, 1.807) is 0 Å². The highest BCUT2D eigenvalue weighted by Crippen LogP contribution is 2.27. The van der Waals surface area contributed by atoms with E-state index in [1.165, 1.54) is 5.56 Å². The van der Waals surface area contributed by atoms with E-state index in [0.29, 0.717) is 12.3 Å². The number of hydrogen-bond acceptors (Lipinski definition) is 4. The van der Waals surface area contributed by atoms with Gasteiger partial charge in [0.1, 0.15) is 18.1 Å². The first kappa shape index (κ1) is 25.5. The number of amides is 2. The largest absolute Gasteiger partial charge is 0.484 e. The Hall–Kier alpha value is -4.13. The van der Waals surface area contributed by atoms with Crippen LogP contribution in [-0.4, -0.2) is 41.1 Å². The Morgan fingerprint density at radius 1 is 0.895 bits per heavy atom. The van der Waals surface area contributed by atoms with Crippen molar-refractivity contribution in [1.82, 2.24) is 14.9 Å². The van der Waals surface area contributed by atoms with Crippen LogP contribution in [-0.2, 0) is 29.0 Å². The number of para-hydroxylation sites is 4. The third-order valence-electron chi connectivity index (χ3n) is 6.95. The quantitative estimate of drug-likeness (QED) is 0.291. The highest BCUT2D eigenvalue weighted by atomic mass is 16.5. The Morgan fingerprint density at radius 3 is 2.58 bits per heavy atom. The van der Waals surface area contributed by atoms with E-state index in [1.807, 2.05) is 77.7 Å². The van der Waals surface area contributed by atoms with Gasteiger partial charge in [-0.05, 0) is 61.6 Å². The molecule has 1 N–H and O–H groups in total. The predicted molar refractivity (Wildman–Crippen MR) is 149 cm³/mol. The van der Waals surface area contributed by atoms with Crippen molar-refractivity contribution >= 4 is 28.5 Å². The molecular weight excluding hydrogens is 476 g/mol. The number of nitrogens with one attached hydrogen (secondary N) is 1. The smallest absolute Gasteiger partial charge is 0.257 e. The number of fused-ring (bicyclic) bond motifs is 2. The van der Waals surface area contributed by atoms with Gasteiger partial charge in [0.15, 0.2) is 6.61 Å². The summed E-state index contributed by atoms with van der Waals surface area (Å²) in [6, 6.07) is 25.6. The molecule has 7 heteroatoms. The summed E-state index contributed by atoms with van der Waals surface area (Å²) in [4.78, 5) is 32.3. The number of unbranched alkanes of at least 4 members (excludes halogenated alkanes) is 2. The number of benzene rings is 3. The molecule has 0 radical (unpaired) electrons. The zero-order chi connectivity index (χ0) is 26.2. The van der Waals surface area contributed by atoms with Gasteiger partial charge in [-0.3, -0.25) is 9.59 Å². The highest BCUT2D eigenvalue weighted by Gasteiger charge is 2.23. The summed E-state index contributed by atoms with van der Waals surface area (Å²) >= 11 is 0. The number of aromatic nitrogens is 2. The number of hydrogen-bond donors (Lipinski definition) is 1. The van der Waals surface area contributed by atoms with Crippen LogP contribution in [0, 0.1) is 0 Å². The maximum Gasteiger partial charge on any atom is 0.257 e. The number of carbonyl (C=O) groups excluding carboxylic acids is 2. The average Bonchev–Trinajstić information content (AvgIpc) is 3.30. The second-order valence-corrected chi connectivity index (χ2v) is 9.64. The Bertz CT molecular complexity index is 1380. The molecule has 4 aromatic rings. The fraction of sp³-hybridized carbons (Fsp3) is 0.323. The van der Waals surface area contributed by atoms with Crippen LogP contribution in [0.4, 0.5) is 5.69 Å². The maximum atomic E-state index is 13.5. The molecule has 7 nitrogen and oxygen atoms in total. The minimum Gasteiger partial charge on any atom is -0.484 e. The monoisotopic (exact) mass is 510 g/mol. The third kappa shape index (κ3) is 6.22. The first-order chi connectivity index (χ1) is 18.7. The zero-order valence-corrected chi connectivity index (χ0v) is 21.6. The number of rotatable bonds is 11. The van der Waals surface area contributed by atoms with Crippen LogP contribution in [0.3, 0.4) is 0 Å². The van der Waals surface area contributed by atoms with Crippen LogP contribution in [0.5, 0.6) is 5.75 Å². The van der Waals surface area contributed by atoms with Gasteiger partial charge in [0, 0.05) is 25.2 Å². The van der Waals surface area contributed by atoms with Crippen molar-refractivity contribution < 1.29 is 14.3 Å². The Morgan fingerprint density at radius 2 is 1.68 bits per heavy atom. The van der Waals surface area contributed by atoms with Gasteiger partial charge in [-0.25, -0.2) is 4.98 Å². The number of nitrogens with zero attached hydrogens (tertiary/aromatic N) is 3. The Balaban J connectivity index is 1.14. The van der Waals surface area contributed by atoms with Crippen LogP contribution >= 0.6 is 0 Å². The van der Waals surface area contributed by atoms with Gasteiger partial charge in [-0.15, -0.1) is 0 Å². The fourth-order valence-corrected chi connectivity index (χ4v) is 5.04. The fourth-order valence-electron chi connectivity index (χ4n) is 5.04. The van der Waals surface area contributed by atoms with Gasteiger partial charge < -0.3 is 19.5 Å². The lowest BCUT2D eigenvalue weighted by Crippen LogP contribution is -2.38. The summed E-state index contributed by atoms with van der Waals surface area (Å²) in [6.45, 7) is 1.66. The molecule has 196 valence electrons. The molecule has 0 aliphatic carbocycles. The molecule has 1 aromatic heterocycles. The average molecular weight is 511 g/mol. The molecule has 2 amide bonds. The topological polar surface area (TPSA) is 76.5 Å². The summed E-state index contributed by atoms with van der Waals surface area (Å²) in [7, 11) is 0. The Labute approximate surface area is 223 Å². The summed E-state index contributed by atoms with van der Waals surface area (Å²) < 4.78 is 7.57. The molecule has 0 fully saturated rings. The number of aryl methyl sites for hydroxylation is 2. The second kappa shape index (κ2) is 12.4. The molecule has 5 rings (SSSR count). The van der Waals surface area contributed by atoms with E-state index in [9.17, 15) is 9.59 Å². The minimum absolute atomic E-state index is 0.0174. The summed E-state index contributed by atoms with van der Waals surface area (Å²) in [5.41, 5.74) is 4.18. The second-order valence-electron chi connectivity index (χ2n) is 9.64. The molecule has 0 saturated heterocycles. The van der Waals surface area contributed by atoms with Crippen LogP contribution in [0.15, 0.2) is 78.9 Å². The van der Waals surface area contributed by atoms with Crippen LogP contribution in [0.1, 0.15) is 37.1 Å². The lowest BCUT2D eigenvalue weighted by atomic mass is 10.0. The molecule has 0 atom stereocenters. The van der Waals surface area contributed by atoms with Crippen LogP contribution in [0.25, 0.3) is 11.0 Å². The van der Waals surface area contributed by atoms with Gasteiger partial charge in [0.2, 0.25) is 5.91 Å². The van der Waals surface area contributed by atoms with E-state index in [2.05, 4.69) is 16.0 Å². The van der Waals surface area contributed by atoms with E-state index < -0.39 is 0 Å². The molecule has 0 saturated carbocycles. The SMILES string of the molecule is O=C(COc1ccccc1)NCCCCCc1nc2ccccc2n1CC(=O)N1CCCc2ccccc21. The molecule has 0 spiro atoms. The normalized spacial score (nSPS) is 12.8. The van der Waals surface area contributed by atoms with Crippen molar-refractivity contribution in [3.05, 3.63) is 90.3 Å². The lowest BCUT2D eigenvalue weighted by molar-refractivity contribution is -0.123. The third-order valence-corrected chi connectivity index (χ3v) is 6.95. The molecule has 0 bridgehead atoms. The number of anilines is 1. The van der Waals surface area contributed by atoms with Crippen molar-refractivity contribution in [2.75, 3.05) is 24.6 Å². The molecule has 1 aliphatic heterocycles. The lowest BCUT2D eigenvalue weighted by Gasteiger charge is -2.29. The highest BCUT2D eigenvalue weighted by molar-refractivity contribution is 5.95. The minimum atomic E-state index is -0.117. The Kier molecular flexibility index (Phi) is 8.33. The van der Waals surface area contributed by atoms with Gasteiger partial charge >= 0.3 is 0 Å².